The second-order valence-corrected chi connectivity index (χ2v) is 5.32. The molecule has 0 unspecified atom stereocenters. The lowest BCUT2D eigenvalue weighted by Gasteiger charge is -2.19. The molecule has 0 fully saturated rings. The van der Waals surface area contributed by atoms with Gasteiger partial charge in [0.05, 0.1) is 12.0 Å². The van der Waals surface area contributed by atoms with E-state index in [0.29, 0.717) is 12.8 Å². The van der Waals surface area contributed by atoms with Crippen molar-refractivity contribution in [1.29, 1.82) is 0 Å². The van der Waals surface area contributed by atoms with Crippen LogP contribution in [0.1, 0.15) is 43.6 Å². The van der Waals surface area contributed by atoms with Gasteiger partial charge in [-0.25, -0.2) is 5.01 Å². The van der Waals surface area contributed by atoms with Gasteiger partial charge in [-0.2, -0.15) is 5.10 Å². The number of furan rings is 1. The van der Waals surface area contributed by atoms with Gasteiger partial charge in [-0.15, -0.1) is 0 Å². The van der Waals surface area contributed by atoms with E-state index in [1.165, 1.54) is 5.01 Å². The number of rotatable bonds is 4. The molecule has 1 atom stereocenters. The Hall–Kier alpha value is -2.56. The Morgan fingerprint density at radius 1 is 1.36 bits per heavy atom. The van der Waals surface area contributed by atoms with Gasteiger partial charge in [0.25, 0.3) is 0 Å². The molecule has 3 rings (SSSR count). The van der Waals surface area contributed by atoms with Crippen LogP contribution in [-0.4, -0.2) is 21.7 Å². The molecule has 5 heteroatoms. The van der Waals surface area contributed by atoms with Crippen molar-refractivity contribution in [3.8, 4) is 5.75 Å². The van der Waals surface area contributed by atoms with Gasteiger partial charge in [0, 0.05) is 12.8 Å². The summed E-state index contributed by atoms with van der Waals surface area (Å²) in [5.74, 6) is 0.948. The fourth-order valence-corrected chi connectivity index (χ4v) is 2.60. The van der Waals surface area contributed by atoms with E-state index in [4.69, 9.17) is 4.42 Å². The zero-order valence-electron chi connectivity index (χ0n) is 12.4. The number of nitrogens with zero attached hydrogens (tertiary/aromatic N) is 2. The van der Waals surface area contributed by atoms with Crippen LogP contribution >= 0.6 is 0 Å². The van der Waals surface area contributed by atoms with E-state index in [-0.39, 0.29) is 17.7 Å². The van der Waals surface area contributed by atoms with Crippen LogP contribution in [0, 0.1) is 0 Å². The van der Waals surface area contributed by atoms with Crippen molar-refractivity contribution in [3.63, 3.8) is 0 Å². The summed E-state index contributed by atoms with van der Waals surface area (Å²) in [7, 11) is 0. The first-order valence-electron chi connectivity index (χ1n) is 7.41. The van der Waals surface area contributed by atoms with Gasteiger partial charge in [-0.3, -0.25) is 4.79 Å². The van der Waals surface area contributed by atoms with Crippen molar-refractivity contribution in [2.24, 2.45) is 5.10 Å². The van der Waals surface area contributed by atoms with E-state index >= 15 is 0 Å². The van der Waals surface area contributed by atoms with Gasteiger partial charge in [0.15, 0.2) is 0 Å². The predicted octanol–water partition coefficient (Wildman–Crippen LogP) is 3.46. The number of benzene rings is 1. The van der Waals surface area contributed by atoms with E-state index < -0.39 is 0 Å². The SMILES string of the molecule is CCCC(=O)N1N=C(c2ccc(O)cc2)C[C@@H]1c1ccco1. The van der Waals surface area contributed by atoms with Gasteiger partial charge in [-0.05, 0) is 48.4 Å². The van der Waals surface area contributed by atoms with Gasteiger partial charge in [0.1, 0.15) is 17.6 Å². The molecule has 1 aliphatic heterocycles. The molecule has 5 nitrogen and oxygen atoms in total. The Bertz CT molecular complexity index is 674. The Balaban J connectivity index is 1.91. The molecule has 2 aromatic rings. The van der Waals surface area contributed by atoms with Gasteiger partial charge < -0.3 is 9.52 Å². The van der Waals surface area contributed by atoms with Crippen LogP contribution in [0.5, 0.6) is 5.75 Å². The predicted molar refractivity (Wildman–Crippen MR) is 82.5 cm³/mol. The molecule has 1 aromatic heterocycles. The Morgan fingerprint density at radius 2 is 2.14 bits per heavy atom. The highest BCUT2D eigenvalue weighted by Gasteiger charge is 2.34. The molecule has 2 heterocycles. The van der Waals surface area contributed by atoms with E-state index in [0.717, 1.165) is 23.5 Å². The number of phenols is 1. The van der Waals surface area contributed by atoms with Crippen molar-refractivity contribution in [1.82, 2.24) is 5.01 Å². The standard InChI is InChI=1S/C17H18N2O3/c1-2-4-17(21)19-15(16-5-3-10-22-16)11-14(18-19)12-6-8-13(20)9-7-12/h3,5-10,15,20H,2,4,11H2,1H3/t15-/m1/s1. The zero-order valence-corrected chi connectivity index (χ0v) is 12.4. The Kier molecular flexibility index (Phi) is 3.96. The molecule has 0 aliphatic carbocycles. The molecule has 114 valence electrons. The first-order valence-corrected chi connectivity index (χ1v) is 7.41. The average molecular weight is 298 g/mol. The Labute approximate surface area is 128 Å². The van der Waals surface area contributed by atoms with Crippen molar-refractivity contribution in [3.05, 3.63) is 54.0 Å². The highest BCUT2D eigenvalue weighted by atomic mass is 16.3. The molecule has 1 aromatic carbocycles. The summed E-state index contributed by atoms with van der Waals surface area (Å²) in [6, 6.07) is 10.3. The van der Waals surface area contributed by atoms with E-state index in [9.17, 15) is 9.90 Å². The maximum Gasteiger partial charge on any atom is 0.243 e. The molecule has 1 amide bonds. The topological polar surface area (TPSA) is 66.0 Å². The van der Waals surface area contributed by atoms with Crippen LogP contribution in [0.2, 0.25) is 0 Å². The minimum absolute atomic E-state index is 0.00215. The minimum Gasteiger partial charge on any atom is -0.508 e. The van der Waals surface area contributed by atoms with Crippen LogP contribution < -0.4 is 0 Å². The van der Waals surface area contributed by atoms with Crippen LogP contribution in [0.3, 0.4) is 0 Å². The second-order valence-electron chi connectivity index (χ2n) is 5.32. The Morgan fingerprint density at radius 3 is 2.77 bits per heavy atom. The minimum atomic E-state index is -0.196. The molecule has 0 radical (unpaired) electrons. The molecule has 1 aliphatic rings. The van der Waals surface area contributed by atoms with Gasteiger partial charge in [0.2, 0.25) is 5.91 Å². The molecule has 0 bridgehead atoms. The van der Waals surface area contributed by atoms with Crippen LogP contribution in [0.15, 0.2) is 52.2 Å². The fourth-order valence-electron chi connectivity index (χ4n) is 2.60. The molecule has 22 heavy (non-hydrogen) atoms. The smallest absolute Gasteiger partial charge is 0.243 e. The molecule has 0 spiro atoms. The molecular weight excluding hydrogens is 280 g/mol. The summed E-state index contributed by atoms with van der Waals surface area (Å²) in [6.45, 7) is 1.97. The van der Waals surface area contributed by atoms with Crippen LogP contribution in [0.25, 0.3) is 0 Å². The quantitative estimate of drug-likeness (QED) is 0.940. The van der Waals surface area contributed by atoms with Crippen LogP contribution in [-0.2, 0) is 4.79 Å². The number of amides is 1. The average Bonchev–Trinajstić information content (AvgIpc) is 3.17. The van der Waals surface area contributed by atoms with Crippen LogP contribution in [0.4, 0.5) is 0 Å². The zero-order chi connectivity index (χ0) is 15.5. The summed E-state index contributed by atoms with van der Waals surface area (Å²) >= 11 is 0. The lowest BCUT2D eigenvalue weighted by atomic mass is 10.0. The third-order valence-electron chi connectivity index (χ3n) is 3.70. The highest BCUT2D eigenvalue weighted by Crippen LogP contribution is 2.33. The largest absolute Gasteiger partial charge is 0.508 e. The molecule has 0 saturated heterocycles. The number of aromatic hydroxyl groups is 1. The third-order valence-corrected chi connectivity index (χ3v) is 3.70. The summed E-state index contributed by atoms with van der Waals surface area (Å²) in [5, 5.41) is 15.4. The highest BCUT2D eigenvalue weighted by molar-refractivity contribution is 6.03. The molecule has 1 N–H and O–H groups in total. The monoisotopic (exact) mass is 298 g/mol. The number of carbonyl (C=O) groups is 1. The summed E-state index contributed by atoms with van der Waals surface area (Å²) in [6.07, 6.45) is 3.46. The van der Waals surface area contributed by atoms with Gasteiger partial charge in [-0.1, -0.05) is 6.92 Å². The molecule has 0 saturated carbocycles. The first kappa shape index (κ1) is 14.4. The van der Waals surface area contributed by atoms with Crippen molar-refractivity contribution in [2.45, 2.75) is 32.2 Å². The van der Waals surface area contributed by atoms with E-state index in [2.05, 4.69) is 5.10 Å². The third kappa shape index (κ3) is 2.74. The fraction of sp³-hybridized carbons (Fsp3) is 0.294. The molecular formula is C17H18N2O3. The summed E-state index contributed by atoms with van der Waals surface area (Å²) < 4.78 is 5.47. The maximum absolute atomic E-state index is 12.3. The number of carbonyl (C=O) groups excluding carboxylic acids is 1. The second kappa shape index (κ2) is 6.05. The normalized spacial score (nSPS) is 17.6. The number of hydrazone groups is 1. The van der Waals surface area contributed by atoms with Gasteiger partial charge >= 0.3 is 0 Å². The van der Waals surface area contributed by atoms with Crippen molar-refractivity contribution in [2.75, 3.05) is 0 Å². The number of hydrogen-bond donors (Lipinski definition) is 1. The number of hydrogen-bond acceptors (Lipinski definition) is 4. The maximum atomic E-state index is 12.3. The first-order chi connectivity index (χ1) is 10.7. The van der Waals surface area contributed by atoms with Crippen molar-refractivity contribution >= 4 is 11.6 Å². The lowest BCUT2D eigenvalue weighted by Crippen LogP contribution is -2.26. The van der Waals surface area contributed by atoms with Crippen molar-refractivity contribution < 1.29 is 14.3 Å². The summed E-state index contributed by atoms with van der Waals surface area (Å²) in [5.41, 5.74) is 1.73. The van der Waals surface area contributed by atoms with E-state index in [1.54, 1.807) is 30.5 Å². The number of phenolic OH excluding ortho intramolecular Hbond substituents is 1. The summed E-state index contributed by atoms with van der Waals surface area (Å²) in [4.78, 5) is 12.3. The van der Waals surface area contributed by atoms with E-state index in [1.807, 2.05) is 19.1 Å². The lowest BCUT2D eigenvalue weighted by molar-refractivity contribution is -0.133.